The van der Waals surface area contributed by atoms with Crippen LogP contribution in [0.25, 0.3) is 0 Å². The molecule has 0 saturated carbocycles. The van der Waals surface area contributed by atoms with Crippen LogP contribution in [0.2, 0.25) is 0 Å². The SMILES string of the molecule is C#CCSCCNC1CCCN(C)C1. The van der Waals surface area contributed by atoms with E-state index in [1.165, 1.54) is 25.9 Å². The van der Waals surface area contributed by atoms with Gasteiger partial charge in [0.25, 0.3) is 0 Å². The molecular formula is C11H20N2S. The fourth-order valence-electron chi connectivity index (χ4n) is 1.80. The average molecular weight is 212 g/mol. The molecule has 3 heteroatoms. The number of thioether (sulfide) groups is 1. The third-order valence-electron chi connectivity index (χ3n) is 2.49. The van der Waals surface area contributed by atoms with Crippen LogP contribution in [0.15, 0.2) is 0 Å². The Labute approximate surface area is 91.8 Å². The van der Waals surface area contributed by atoms with Crippen molar-refractivity contribution in [1.82, 2.24) is 10.2 Å². The number of terminal acetylenes is 1. The number of rotatable bonds is 5. The Morgan fingerprint density at radius 3 is 3.21 bits per heavy atom. The molecule has 1 aliphatic heterocycles. The number of nitrogens with one attached hydrogen (secondary N) is 1. The fraction of sp³-hybridized carbons (Fsp3) is 0.818. The predicted molar refractivity (Wildman–Crippen MR) is 64.7 cm³/mol. The van der Waals surface area contributed by atoms with Gasteiger partial charge >= 0.3 is 0 Å². The second-order valence-electron chi connectivity index (χ2n) is 3.81. The van der Waals surface area contributed by atoms with Crippen LogP contribution in [-0.4, -0.2) is 49.1 Å². The summed E-state index contributed by atoms with van der Waals surface area (Å²) in [4.78, 5) is 2.40. The Bertz CT molecular complexity index is 188. The Morgan fingerprint density at radius 1 is 1.64 bits per heavy atom. The average Bonchev–Trinajstić information content (AvgIpc) is 2.18. The molecule has 0 spiro atoms. The summed E-state index contributed by atoms with van der Waals surface area (Å²) in [6, 6.07) is 0.695. The molecule has 1 atom stereocenters. The van der Waals surface area contributed by atoms with Crippen molar-refractivity contribution in [2.75, 3.05) is 38.2 Å². The number of nitrogens with zero attached hydrogens (tertiary/aromatic N) is 1. The van der Waals surface area contributed by atoms with Crippen LogP contribution in [0.5, 0.6) is 0 Å². The summed E-state index contributed by atoms with van der Waals surface area (Å²) in [7, 11) is 2.20. The highest BCUT2D eigenvalue weighted by atomic mass is 32.2. The van der Waals surface area contributed by atoms with E-state index < -0.39 is 0 Å². The molecule has 1 saturated heterocycles. The second-order valence-corrected chi connectivity index (χ2v) is 4.92. The van der Waals surface area contributed by atoms with Gasteiger partial charge in [0.15, 0.2) is 0 Å². The monoisotopic (exact) mass is 212 g/mol. The molecule has 1 rings (SSSR count). The number of likely N-dealkylation sites (N-methyl/N-ethyl adjacent to an activating group) is 1. The van der Waals surface area contributed by atoms with Crippen LogP contribution in [0.4, 0.5) is 0 Å². The van der Waals surface area contributed by atoms with E-state index in [0.29, 0.717) is 6.04 Å². The maximum Gasteiger partial charge on any atom is 0.0545 e. The van der Waals surface area contributed by atoms with Gasteiger partial charge in [-0.05, 0) is 26.4 Å². The van der Waals surface area contributed by atoms with Crippen molar-refractivity contribution in [3.63, 3.8) is 0 Å². The second kappa shape index (κ2) is 7.17. The van der Waals surface area contributed by atoms with Gasteiger partial charge in [-0.25, -0.2) is 0 Å². The smallest absolute Gasteiger partial charge is 0.0545 e. The molecule has 80 valence electrons. The summed E-state index contributed by atoms with van der Waals surface area (Å²) in [6.07, 6.45) is 7.82. The van der Waals surface area contributed by atoms with Crippen LogP contribution < -0.4 is 5.32 Å². The van der Waals surface area contributed by atoms with Gasteiger partial charge in [-0.15, -0.1) is 18.2 Å². The molecule has 1 aliphatic rings. The minimum atomic E-state index is 0.695. The molecule has 0 aromatic heterocycles. The Balaban J connectivity index is 1.98. The van der Waals surface area contributed by atoms with E-state index in [2.05, 4.69) is 23.2 Å². The number of likely N-dealkylation sites (tertiary alicyclic amines) is 1. The van der Waals surface area contributed by atoms with Gasteiger partial charge in [-0.3, -0.25) is 0 Å². The van der Waals surface area contributed by atoms with Crippen molar-refractivity contribution in [1.29, 1.82) is 0 Å². The van der Waals surface area contributed by atoms with Crippen molar-refractivity contribution >= 4 is 11.8 Å². The molecule has 0 radical (unpaired) electrons. The molecule has 14 heavy (non-hydrogen) atoms. The summed E-state index contributed by atoms with van der Waals surface area (Å²) >= 11 is 1.83. The first-order chi connectivity index (χ1) is 6.83. The molecule has 1 N–H and O–H groups in total. The van der Waals surface area contributed by atoms with Crippen molar-refractivity contribution < 1.29 is 0 Å². The highest BCUT2D eigenvalue weighted by Gasteiger charge is 2.15. The number of hydrogen-bond donors (Lipinski definition) is 1. The molecular weight excluding hydrogens is 192 g/mol. The zero-order valence-electron chi connectivity index (χ0n) is 8.96. The Hall–Kier alpha value is -0.170. The summed E-state index contributed by atoms with van der Waals surface area (Å²) in [5, 5.41) is 3.58. The molecule has 1 unspecified atom stereocenters. The lowest BCUT2D eigenvalue weighted by Crippen LogP contribution is -2.44. The Kier molecular flexibility index (Phi) is 6.09. The number of hydrogen-bond acceptors (Lipinski definition) is 3. The highest BCUT2D eigenvalue weighted by molar-refractivity contribution is 7.99. The molecule has 0 aliphatic carbocycles. The van der Waals surface area contributed by atoms with Crippen LogP contribution >= 0.6 is 11.8 Å². The first-order valence-electron chi connectivity index (χ1n) is 5.26. The van der Waals surface area contributed by atoms with Crippen molar-refractivity contribution in [2.45, 2.75) is 18.9 Å². The lowest BCUT2D eigenvalue weighted by molar-refractivity contribution is 0.229. The van der Waals surface area contributed by atoms with Crippen LogP contribution in [-0.2, 0) is 0 Å². The van der Waals surface area contributed by atoms with E-state index >= 15 is 0 Å². The highest BCUT2D eigenvalue weighted by Crippen LogP contribution is 2.07. The van der Waals surface area contributed by atoms with Crippen molar-refractivity contribution in [2.24, 2.45) is 0 Å². The van der Waals surface area contributed by atoms with E-state index in [4.69, 9.17) is 6.42 Å². The van der Waals surface area contributed by atoms with Gasteiger partial charge < -0.3 is 10.2 Å². The first-order valence-corrected chi connectivity index (χ1v) is 6.41. The zero-order chi connectivity index (χ0) is 10.2. The first kappa shape index (κ1) is 11.9. The van der Waals surface area contributed by atoms with Crippen molar-refractivity contribution in [3.05, 3.63) is 0 Å². The molecule has 1 fully saturated rings. The van der Waals surface area contributed by atoms with E-state index in [1.54, 1.807) is 0 Å². The number of piperidine rings is 1. The minimum Gasteiger partial charge on any atom is -0.312 e. The fourth-order valence-corrected chi connectivity index (χ4v) is 2.32. The van der Waals surface area contributed by atoms with E-state index in [-0.39, 0.29) is 0 Å². The molecule has 0 bridgehead atoms. The standard InChI is InChI=1S/C11H20N2S/c1-3-8-14-9-6-12-11-5-4-7-13(2)10-11/h1,11-12H,4-10H2,2H3. The predicted octanol–water partition coefficient (Wildman–Crippen LogP) is 1.04. The van der Waals surface area contributed by atoms with Gasteiger partial charge in [-0.1, -0.05) is 5.92 Å². The maximum absolute atomic E-state index is 5.17. The van der Waals surface area contributed by atoms with Crippen LogP contribution in [0.1, 0.15) is 12.8 Å². The molecule has 0 aromatic rings. The van der Waals surface area contributed by atoms with E-state index in [0.717, 1.165) is 18.1 Å². The van der Waals surface area contributed by atoms with Gasteiger partial charge in [-0.2, -0.15) is 0 Å². The zero-order valence-corrected chi connectivity index (χ0v) is 9.78. The lowest BCUT2D eigenvalue weighted by atomic mass is 10.1. The third kappa shape index (κ3) is 4.90. The van der Waals surface area contributed by atoms with E-state index in [9.17, 15) is 0 Å². The van der Waals surface area contributed by atoms with Crippen LogP contribution in [0, 0.1) is 12.3 Å². The molecule has 1 heterocycles. The van der Waals surface area contributed by atoms with Crippen molar-refractivity contribution in [3.8, 4) is 12.3 Å². The van der Waals surface area contributed by atoms with E-state index in [1.807, 2.05) is 11.8 Å². The topological polar surface area (TPSA) is 15.3 Å². The summed E-state index contributed by atoms with van der Waals surface area (Å²) in [5.41, 5.74) is 0. The largest absolute Gasteiger partial charge is 0.312 e. The minimum absolute atomic E-state index is 0.695. The Morgan fingerprint density at radius 2 is 2.50 bits per heavy atom. The van der Waals surface area contributed by atoms with Gasteiger partial charge in [0.05, 0.1) is 5.75 Å². The quantitative estimate of drug-likeness (QED) is 0.541. The summed E-state index contributed by atoms with van der Waals surface area (Å²) in [5.74, 6) is 4.61. The molecule has 2 nitrogen and oxygen atoms in total. The van der Waals surface area contributed by atoms with Gasteiger partial charge in [0.1, 0.15) is 0 Å². The molecule has 0 amide bonds. The lowest BCUT2D eigenvalue weighted by Gasteiger charge is -2.30. The third-order valence-corrected chi connectivity index (χ3v) is 3.35. The molecule has 0 aromatic carbocycles. The maximum atomic E-state index is 5.17. The summed E-state index contributed by atoms with van der Waals surface area (Å²) in [6.45, 7) is 3.54. The van der Waals surface area contributed by atoms with Gasteiger partial charge in [0, 0.05) is 24.9 Å². The van der Waals surface area contributed by atoms with Gasteiger partial charge in [0.2, 0.25) is 0 Å². The normalized spacial score (nSPS) is 23.3. The summed E-state index contributed by atoms with van der Waals surface area (Å²) < 4.78 is 0. The van der Waals surface area contributed by atoms with Crippen LogP contribution in [0.3, 0.4) is 0 Å².